The van der Waals surface area contributed by atoms with E-state index >= 15 is 0 Å². The summed E-state index contributed by atoms with van der Waals surface area (Å²) in [6, 6.07) is 10.7. The summed E-state index contributed by atoms with van der Waals surface area (Å²) in [5.74, 6) is 1.99. The third kappa shape index (κ3) is 5.74. The topological polar surface area (TPSA) is 68.8 Å². The molecule has 0 saturated heterocycles. The highest BCUT2D eigenvalue weighted by atomic mass is 35.5. The van der Waals surface area contributed by atoms with Gasteiger partial charge < -0.3 is 24.8 Å². The highest BCUT2D eigenvalue weighted by Gasteiger charge is 2.06. The number of urea groups is 1. The van der Waals surface area contributed by atoms with Crippen molar-refractivity contribution in [2.75, 3.05) is 27.4 Å². The van der Waals surface area contributed by atoms with Gasteiger partial charge in [0, 0.05) is 11.6 Å². The summed E-state index contributed by atoms with van der Waals surface area (Å²) in [5, 5.41) is 6.23. The number of carbonyl (C=O) groups is 1. The van der Waals surface area contributed by atoms with Crippen LogP contribution in [0.25, 0.3) is 0 Å². The Morgan fingerprint density at radius 3 is 2.50 bits per heavy atom. The van der Waals surface area contributed by atoms with Crippen molar-refractivity contribution < 1.29 is 19.0 Å². The monoisotopic (exact) mass is 378 g/mol. The summed E-state index contributed by atoms with van der Waals surface area (Å²) in [6.45, 7) is 3.04. The minimum atomic E-state index is -0.268. The number of halogens is 1. The maximum Gasteiger partial charge on any atom is 0.315 e. The van der Waals surface area contributed by atoms with E-state index in [4.69, 9.17) is 25.8 Å². The minimum absolute atomic E-state index is 0.268. The lowest BCUT2D eigenvalue weighted by molar-refractivity contribution is 0.236. The quantitative estimate of drug-likeness (QED) is 0.689. The molecule has 2 aromatic carbocycles. The fourth-order valence-corrected chi connectivity index (χ4v) is 2.39. The Hall–Kier alpha value is -2.60. The highest BCUT2D eigenvalue weighted by molar-refractivity contribution is 6.31. The molecule has 140 valence electrons. The first kappa shape index (κ1) is 19.7. The lowest BCUT2D eigenvalue weighted by Gasteiger charge is -2.11. The van der Waals surface area contributed by atoms with Crippen LogP contribution in [-0.4, -0.2) is 33.4 Å². The molecule has 2 N–H and O–H groups in total. The van der Waals surface area contributed by atoms with Crippen LogP contribution in [0.1, 0.15) is 11.1 Å². The number of amides is 2. The Labute approximate surface area is 158 Å². The molecule has 26 heavy (non-hydrogen) atoms. The van der Waals surface area contributed by atoms with E-state index in [0.29, 0.717) is 36.2 Å². The van der Waals surface area contributed by atoms with E-state index in [2.05, 4.69) is 10.6 Å². The number of nitrogens with one attached hydrogen (secondary N) is 2. The van der Waals surface area contributed by atoms with Crippen LogP contribution >= 0.6 is 11.6 Å². The largest absolute Gasteiger partial charge is 0.493 e. The molecule has 0 saturated carbocycles. The van der Waals surface area contributed by atoms with Crippen molar-refractivity contribution in [2.24, 2.45) is 0 Å². The highest BCUT2D eigenvalue weighted by Crippen LogP contribution is 2.27. The van der Waals surface area contributed by atoms with E-state index in [1.165, 1.54) is 0 Å². The summed E-state index contributed by atoms with van der Waals surface area (Å²) in [4.78, 5) is 11.9. The van der Waals surface area contributed by atoms with Gasteiger partial charge in [-0.3, -0.25) is 0 Å². The summed E-state index contributed by atoms with van der Waals surface area (Å²) in [6.07, 6.45) is 0. The van der Waals surface area contributed by atoms with Crippen LogP contribution in [0, 0.1) is 6.92 Å². The maximum absolute atomic E-state index is 11.9. The maximum atomic E-state index is 11.9. The molecule has 0 aliphatic carbocycles. The van der Waals surface area contributed by atoms with Crippen molar-refractivity contribution in [3.8, 4) is 17.2 Å². The standard InChI is InChI=1S/C19H23ClN2O4/c1-13-10-15(5-6-16(13)20)26-9-8-21-19(23)22-12-14-4-7-17(24-2)18(11-14)25-3/h4-7,10-11H,8-9,12H2,1-3H3,(H2,21,22,23). The molecule has 0 fully saturated rings. The predicted octanol–water partition coefficient (Wildman–Crippen LogP) is 3.54. The van der Waals surface area contributed by atoms with E-state index < -0.39 is 0 Å². The van der Waals surface area contributed by atoms with Crippen molar-refractivity contribution >= 4 is 17.6 Å². The van der Waals surface area contributed by atoms with E-state index in [9.17, 15) is 4.79 Å². The van der Waals surface area contributed by atoms with Crippen LogP contribution in [0.3, 0.4) is 0 Å². The Morgan fingerprint density at radius 1 is 1.04 bits per heavy atom. The average Bonchev–Trinajstić information content (AvgIpc) is 2.66. The van der Waals surface area contributed by atoms with Crippen molar-refractivity contribution in [1.82, 2.24) is 10.6 Å². The number of carbonyl (C=O) groups excluding carboxylic acids is 1. The zero-order valence-corrected chi connectivity index (χ0v) is 15.9. The average molecular weight is 379 g/mol. The second-order valence-corrected chi connectivity index (χ2v) is 5.97. The number of hydrogen-bond acceptors (Lipinski definition) is 4. The summed E-state index contributed by atoms with van der Waals surface area (Å²) in [5.41, 5.74) is 1.86. The summed E-state index contributed by atoms with van der Waals surface area (Å²) >= 11 is 5.97. The smallest absolute Gasteiger partial charge is 0.315 e. The lowest BCUT2D eigenvalue weighted by atomic mass is 10.2. The molecule has 2 amide bonds. The first-order valence-electron chi connectivity index (χ1n) is 8.15. The molecular formula is C19H23ClN2O4. The van der Waals surface area contributed by atoms with Gasteiger partial charge in [0.25, 0.3) is 0 Å². The lowest BCUT2D eigenvalue weighted by Crippen LogP contribution is -2.37. The molecule has 7 heteroatoms. The van der Waals surface area contributed by atoms with Crippen LogP contribution in [0.2, 0.25) is 5.02 Å². The molecule has 0 radical (unpaired) electrons. The van der Waals surface area contributed by atoms with Crippen LogP contribution in [0.4, 0.5) is 4.79 Å². The second kappa shape index (κ2) is 9.77. The molecule has 0 atom stereocenters. The third-order valence-electron chi connectivity index (χ3n) is 3.69. The minimum Gasteiger partial charge on any atom is -0.493 e. The molecule has 0 heterocycles. The van der Waals surface area contributed by atoms with Gasteiger partial charge in [-0.15, -0.1) is 0 Å². The van der Waals surface area contributed by atoms with Crippen LogP contribution in [-0.2, 0) is 6.54 Å². The van der Waals surface area contributed by atoms with Crippen molar-refractivity contribution in [3.63, 3.8) is 0 Å². The number of rotatable bonds is 8. The van der Waals surface area contributed by atoms with E-state index in [1.807, 2.05) is 25.1 Å². The zero-order chi connectivity index (χ0) is 18.9. The van der Waals surface area contributed by atoms with Crippen molar-refractivity contribution in [1.29, 1.82) is 0 Å². The molecule has 0 aromatic heterocycles. The van der Waals surface area contributed by atoms with Gasteiger partial charge in [0.1, 0.15) is 12.4 Å². The van der Waals surface area contributed by atoms with Crippen molar-refractivity contribution in [3.05, 3.63) is 52.5 Å². The van der Waals surface area contributed by atoms with Crippen LogP contribution in [0.15, 0.2) is 36.4 Å². The molecule has 0 spiro atoms. The molecule has 0 unspecified atom stereocenters. The number of benzene rings is 2. The molecule has 6 nitrogen and oxygen atoms in total. The number of hydrogen-bond donors (Lipinski definition) is 2. The first-order chi connectivity index (χ1) is 12.5. The zero-order valence-electron chi connectivity index (χ0n) is 15.1. The first-order valence-corrected chi connectivity index (χ1v) is 8.53. The summed E-state index contributed by atoms with van der Waals surface area (Å²) in [7, 11) is 3.15. The number of ether oxygens (including phenoxy) is 3. The van der Waals surface area contributed by atoms with Gasteiger partial charge in [0.2, 0.25) is 0 Å². The molecule has 2 rings (SSSR count). The van der Waals surface area contributed by atoms with E-state index in [1.54, 1.807) is 32.4 Å². The van der Waals surface area contributed by atoms with Gasteiger partial charge in [0.05, 0.1) is 20.8 Å². The SMILES string of the molecule is COc1ccc(CNC(=O)NCCOc2ccc(Cl)c(C)c2)cc1OC. The molecular weight excluding hydrogens is 356 g/mol. The number of methoxy groups -OCH3 is 2. The van der Waals surface area contributed by atoms with Gasteiger partial charge in [0.15, 0.2) is 11.5 Å². The Balaban J connectivity index is 1.71. The molecule has 0 bridgehead atoms. The van der Waals surface area contributed by atoms with E-state index in [-0.39, 0.29) is 6.03 Å². The van der Waals surface area contributed by atoms with Crippen LogP contribution in [0.5, 0.6) is 17.2 Å². The van der Waals surface area contributed by atoms with Crippen molar-refractivity contribution in [2.45, 2.75) is 13.5 Å². The van der Waals surface area contributed by atoms with E-state index in [0.717, 1.165) is 16.9 Å². The Morgan fingerprint density at radius 2 is 1.81 bits per heavy atom. The van der Waals surface area contributed by atoms with Gasteiger partial charge in [-0.05, 0) is 48.4 Å². The normalized spacial score (nSPS) is 10.2. The summed E-state index contributed by atoms with van der Waals surface area (Å²) < 4.78 is 16.0. The fraction of sp³-hybridized carbons (Fsp3) is 0.316. The fourth-order valence-electron chi connectivity index (χ4n) is 2.28. The second-order valence-electron chi connectivity index (χ2n) is 5.56. The molecule has 0 aliphatic rings. The molecule has 0 aliphatic heterocycles. The van der Waals surface area contributed by atoms with Crippen LogP contribution < -0.4 is 24.8 Å². The Bertz CT molecular complexity index is 752. The van der Waals surface area contributed by atoms with Gasteiger partial charge in [-0.2, -0.15) is 0 Å². The number of aryl methyl sites for hydroxylation is 1. The van der Waals surface area contributed by atoms with Gasteiger partial charge in [-0.1, -0.05) is 17.7 Å². The third-order valence-corrected chi connectivity index (χ3v) is 4.11. The molecule has 2 aromatic rings. The predicted molar refractivity (Wildman–Crippen MR) is 101 cm³/mol. The Kier molecular flexibility index (Phi) is 7.41. The van der Waals surface area contributed by atoms with Gasteiger partial charge >= 0.3 is 6.03 Å². The van der Waals surface area contributed by atoms with Gasteiger partial charge in [-0.25, -0.2) is 4.79 Å².